The fourth-order valence-corrected chi connectivity index (χ4v) is 3.45. The van der Waals surface area contributed by atoms with Crippen molar-refractivity contribution >= 4 is 16.6 Å². The first-order valence-electron chi connectivity index (χ1n) is 8.57. The Morgan fingerprint density at radius 2 is 1.81 bits per heavy atom. The molecule has 6 heteroatoms. The second-order valence-electron chi connectivity index (χ2n) is 6.69. The zero-order valence-corrected chi connectivity index (χ0v) is 14.2. The number of benzene rings is 2. The van der Waals surface area contributed by atoms with Crippen LogP contribution < -0.4 is 10.1 Å². The fourth-order valence-electron chi connectivity index (χ4n) is 3.45. The quantitative estimate of drug-likeness (QED) is 0.640. The maximum atomic E-state index is 12.6. The topological polar surface area (TPSA) is 37.0 Å². The summed E-state index contributed by atoms with van der Waals surface area (Å²) in [6, 6.07) is 11.4. The molecular formula is C20H19F3N2O. The molecule has 0 radical (unpaired) electrons. The normalized spacial score (nSPS) is 20.0. The van der Waals surface area contributed by atoms with E-state index in [9.17, 15) is 13.2 Å². The third-order valence-corrected chi connectivity index (χ3v) is 5.03. The molecule has 2 aromatic carbocycles. The first-order chi connectivity index (χ1) is 12.4. The molecule has 1 saturated carbocycles. The molecule has 1 aromatic heterocycles. The van der Waals surface area contributed by atoms with Gasteiger partial charge in [0.2, 0.25) is 0 Å². The van der Waals surface area contributed by atoms with Crippen LogP contribution in [0.15, 0.2) is 48.7 Å². The number of H-pyrrole nitrogens is 1. The highest BCUT2D eigenvalue weighted by molar-refractivity contribution is 5.93. The molecular weight excluding hydrogens is 341 g/mol. The van der Waals surface area contributed by atoms with Gasteiger partial charge in [-0.25, -0.2) is 0 Å². The molecule has 3 aromatic rings. The highest BCUT2D eigenvalue weighted by atomic mass is 19.4. The van der Waals surface area contributed by atoms with Gasteiger partial charge in [-0.1, -0.05) is 12.1 Å². The maximum absolute atomic E-state index is 12.6. The molecule has 1 aliphatic carbocycles. The van der Waals surface area contributed by atoms with E-state index in [1.54, 1.807) is 12.1 Å². The number of alkyl halides is 3. The van der Waals surface area contributed by atoms with Gasteiger partial charge in [0, 0.05) is 24.1 Å². The van der Waals surface area contributed by atoms with E-state index in [-0.39, 0.29) is 12.0 Å². The van der Waals surface area contributed by atoms with Crippen LogP contribution in [0.5, 0.6) is 5.75 Å². The summed E-state index contributed by atoms with van der Waals surface area (Å²) >= 11 is 0. The number of anilines is 1. The Kier molecular flexibility index (Phi) is 4.05. The molecule has 0 spiro atoms. The van der Waals surface area contributed by atoms with Gasteiger partial charge in [-0.15, -0.1) is 0 Å². The van der Waals surface area contributed by atoms with E-state index in [0.29, 0.717) is 0 Å². The Hall–Kier alpha value is -2.63. The first kappa shape index (κ1) is 16.8. The average Bonchev–Trinajstić information content (AvgIpc) is 2.99. The van der Waals surface area contributed by atoms with E-state index in [1.165, 1.54) is 0 Å². The molecule has 0 bridgehead atoms. The summed E-state index contributed by atoms with van der Waals surface area (Å²) < 4.78 is 43.9. The smallest absolute Gasteiger partial charge is 0.416 e. The van der Waals surface area contributed by atoms with Crippen LogP contribution in [-0.2, 0) is 6.18 Å². The van der Waals surface area contributed by atoms with Crippen LogP contribution in [0.2, 0.25) is 0 Å². The Morgan fingerprint density at radius 1 is 1.08 bits per heavy atom. The molecule has 0 aliphatic heterocycles. The lowest BCUT2D eigenvalue weighted by Crippen LogP contribution is -2.32. The Balaban J connectivity index is 1.39. The SMILES string of the molecule is CNc1c[nH]c2ccc(OC3CC(c4ccc(C(F)(F)F)cc4)C3)cc12. The van der Waals surface area contributed by atoms with E-state index < -0.39 is 11.7 Å². The number of fused-ring (bicyclic) bond motifs is 1. The summed E-state index contributed by atoms with van der Waals surface area (Å²) in [6.07, 6.45) is -0.646. The van der Waals surface area contributed by atoms with E-state index in [4.69, 9.17) is 4.74 Å². The number of hydrogen-bond acceptors (Lipinski definition) is 2. The number of hydrogen-bond donors (Lipinski definition) is 2. The Labute approximate surface area is 149 Å². The van der Waals surface area contributed by atoms with Gasteiger partial charge in [0.15, 0.2) is 0 Å². The van der Waals surface area contributed by atoms with E-state index in [1.807, 2.05) is 31.4 Å². The minimum Gasteiger partial charge on any atom is -0.490 e. The molecule has 0 amide bonds. The summed E-state index contributed by atoms with van der Waals surface area (Å²) in [6.45, 7) is 0. The number of aromatic nitrogens is 1. The van der Waals surface area contributed by atoms with Crippen LogP contribution in [0.1, 0.15) is 29.9 Å². The summed E-state index contributed by atoms with van der Waals surface area (Å²) in [5.74, 6) is 1.07. The van der Waals surface area contributed by atoms with Crippen molar-refractivity contribution in [1.82, 2.24) is 4.98 Å². The van der Waals surface area contributed by atoms with Crippen molar-refractivity contribution in [3.63, 3.8) is 0 Å². The lowest BCUT2D eigenvalue weighted by atomic mass is 9.77. The minimum absolute atomic E-state index is 0.0942. The van der Waals surface area contributed by atoms with Gasteiger partial charge in [0.25, 0.3) is 0 Å². The fraction of sp³-hybridized carbons (Fsp3) is 0.300. The molecule has 1 fully saturated rings. The van der Waals surface area contributed by atoms with Crippen LogP contribution in [0.25, 0.3) is 10.9 Å². The third-order valence-electron chi connectivity index (χ3n) is 5.03. The Morgan fingerprint density at radius 3 is 2.46 bits per heavy atom. The molecule has 1 heterocycles. The molecule has 3 nitrogen and oxygen atoms in total. The largest absolute Gasteiger partial charge is 0.490 e. The number of ether oxygens (including phenoxy) is 1. The van der Waals surface area contributed by atoms with Crippen molar-refractivity contribution < 1.29 is 17.9 Å². The first-order valence-corrected chi connectivity index (χ1v) is 8.57. The van der Waals surface area contributed by atoms with E-state index in [0.717, 1.165) is 52.9 Å². The van der Waals surface area contributed by atoms with E-state index >= 15 is 0 Å². The third kappa shape index (κ3) is 3.11. The van der Waals surface area contributed by atoms with Gasteiger partial charge in [-0.2, -0.15) is 13.2 Å². The van der Waals surface area contributed by atoms with Gasteiger partial charge in [-0.3, -0.25) is 0 Å². The summed E-state index contributed by atoms with van der Waals surface area (Å²) in [5, 5.41) is 4.21. The molecule has 0 unspecified atom stereocenters. The molecule has 136 valence electrons. The summed E-state index contributed by atoms with van der Waals surface area (Å²) in [5.41, 5.74) is 2.39. The molecule has 26 heavy (non-hydrogen) atoms. The standard InChI is InChI=1S/C20H19F3N2O/c1-24-19-11-25-18-7-6-15(10-17(18)19)26-16-8-13(9-16)12-2-4-14(5-3-12)20(21,22)23/h2-7,10-11,13,16,24-25H,8-9H2,1H3. The number of aromatic amines is 1. The van der Waals surface area contributed by atoms with Crippen molar-refractivity contribution in [2.75, 3.05) is 12.4 Å². The monoisotopic (exact) mass is 360 g/mol. The van der Waals surface area contributed by atoms with Crippen LogP contribution in [0.3, 0.4) is 0 Å². The molecule has 0 saturated heterocycles. The van der Waals surface area contributed by atoms with Crippen LogP contribution >= 0.6 is 0 Å². The van der Waals surface area contributed by atoms with Crippen molar-refractivity contribution in [2.24, 2.45) is 0 Å². The van der Waals surface area contributed by atoms with Crippen LogP contribution in [0, 0.1) is 0 Å². The zero-order chi connectivity index (χ0) is 18.3. The van der Waals surface area contributed by atoms with Crippen LogP contribution in [0.4, 0.5) is 18.9 Å². The highest BCUT2D eigenvalue weighted by Crippen LogP contribution is 2.40. The highest BCUT2D eigenvalue weighted by Gasteiger charge is 2.34. The van der Waals surface area contributed by atoms with Crippen molar-refractivity contribution in [3.8, 4) is 5.75 Å². The second-order valence-corrected chi connectivity index (χ2v) is 6.69. The molecule has 4 rings (SSSR count). The summed E-state index contributed by atoms with van der Waals surface area (Å²) in [7, 11) is 1.87. The number of halogens is 3. The van der Waals surface area contributed by atoms with Gasteiger partial charge in [0.05, 0.1) is 17.4 Å². The molecule has 2 N–H and O–H groups in total. The van der Waals surface area contributed by atoms with Gasteiger partial charge in [0.1, 0.15) is 5.75 Å². The lowest BCUT2D eigenvalue weighted by molar-refractivity contribution is -0.137. The number of rotatable bonds is 4. The van der Waals surface area contributed by atoms with Gasteiger partial charge in [-0.05, 0) is 54.7 Å². The Bertz CT molecular complexity index is 909. The predicted molar refractivity (Wildman–Crippen MR) is 95.7 cm³/mol. The lowest BCUT2D eigenvalue weighted by Gasteiger charge is -2.35. The maximum Gasteiger partial charge on any atom is 0.416 e. The average molecular weight is 360 g/mol. The van der Waals surface area contributed by atoms with Gasteiger partial charge < -0.3 is 15.0 Å². The second kappa shape index (κ2) is 6.27. The zero-order valence-electron chi connectivity index (χ0n) is 14.2. The molecule has 0 atom stereocenters. The minimum atomic E-state index is -4.28. The predicted octanol–water partition coefficient (Wildman–Crippen LogP) is 5.55. The van der Waals surface area contributed by atoms with Crippen molar-refractivity contribution in [3.05, 3.63) is 59.8 Å². The summed E-state index contributed by atoms with van der Waals surface area (Å²) in [4.78, 5) is 3.19. The van der Waals surface area contributed by atoms with Crippen LogP contribution in [-0.4, -0.2) is 18.1 Å². The van der Waals surface area contributed by atoms with E-state index in [2.05, 4.69) is 10.3 Å². The number of nitrogens with one attached hydrogen (secondary N) is 2. The molecule has 1 aliphatic rings. The van der Waals surface area contributed by atoms with Gasteiger partial charge >= 0.3 is 6.18 Å². The van der Waals surface area contributed by atoms with Crippen molar-refractivity contribution in [1.29, 1.82) is 0 Å². The van der Waals surface area contributed by atoms with Crippen molar-refractivity contribution in [2.45, 2.75) is 31.0 Å².